The van der Waals surface area contributed by atoms with E-state index in [1.54, 1.807) is 19.1 Å². The molecule has 4 rings (SSSR count). The van der Waals surface area contributed by atoms with Gasteiger partial charge in [-0.15, -0.1) is 0 Å². The van der Waals surface area contributed by atoms with Gasteiger partial charge in [-0.05, 0) is 42.0 Å². The van der Waals surface area contributed by atoms with Crippen LogP contribution in [0, 0.1) is 0 Å². The Kier molecular flexibility index (Phi) is 6.74. The van der Waals surface area contributed by atoms with Crippen molar-refractivity contribution in [1.82, 2.24) is 14.4 Å². The molecule has 1 aliphatic heterocycles. The summed E-state index contributed by atoms with van der Waals surface area (Å²) in [4.78, 5) is 16.7. The number of anilines is 1. The van der Waals surface area contributed by atoms with Crippen LogP contribution in [0.1, 0.15) is 5.56 Å². The smallest absolute Gasteiger partial charge is 0.321 e. The maximum Gasteiger partial charge on any atom is 0.321 e. The number of carbonyl (C=O) groups is 1. The fourth-order valence-corrected chi connectivity index (χ4v) is 3.84. The summed E-state index contributed by atoms with van der Waals surface area (Å²) in [5, 5.41) is 4.12. The summed E-state index contributed by atoms with van der Waals surface area (Å²) >= 11 is 0. The molecule has 31 heavy (non-hydrogen) atoms. The Balaban J connectivity index is 1.35. The molecule has 0 spiro atoms. The zero-order valence-electron chi connectivity index (χ0n) is 18.2. The SMILES string of the molecule is COc1ccc(CN(C)C(=O)Nc2ccc3c(ccn3CCN3CCOCC3)c2)cc1. The molecule has 0 unspecified atom stereocenters. The standard InChI is InChI=1S/C24H30N4O3/c1-26(18-19-3-6-22(30-2)7-4-19)24(29)25-21-5-8-23-20(17-21)9-10-28(23)12-11-27-13-15-31-16-14-27/h3-10,17H,11-16,18H2,1-2H3,(H,25,29). The highest BCUT2D eigenvalue weighted by atomic mass is 16.5. The van der Waals surface area contributed by atoms with Gasteiger partial charge in [0.05, 0.1) is 20.3 Å². The normalized spacial score (nSPS) is 14.5. The number of urea groups is 1. The van der Waals surface area contributed by atoms with Crippen LogP contribution < -0.4 is 10.1 Å². The van der Waals surface area contributed by atoms with Gasteiger partial charge in [0.1, 0.15) is 5.75 Å². The number of amides is 2. The first-order chi connectivity index (χ1) is 15.1. The number of methoxy groups -OCH3 is 1. The van der Waals surface area contributed by atoms with E-state index in [1.807, 2.05) is 36.4 Å². The van der Waals surface area contributed by atoms with Crippen LogP contribution in [0.3, 0.4) is 0 Å². The molecule has 2 aromatic carbocycles. The first-order valence-electron chi connectivity index (χ1n) is 10.7. The third-order valence-corrected chi connectivity index (χ3v) is 5.71. The maximum atomic E-state index is 12.6. The summed E-state index contributed by atoms with van der Waals surface area (Å²) in [6, 6.07) is 15.8. The zero-order valence-corrected chi connectivity index (χ0v) is 18.2. The average molecular weight is 423 g/mol. The number of nitrogens with zero attached hydrogens (tertiary/aromatic N) is 3. The van der Waals surface area contributed by atoms with Gasteiger partial charge < -0.3 is 24.3 Å². The highest BCUT2D eigenvalue weighted by molar-refractivity contribution is 5.92. The molecule has 1 saturated heterocycles. The summed E-state index contributed by atoms with van der Waals surface area (Å²) in [6.45, 7) is 6.13. The van der Waals surface area contributed by atoms with Gasteiger partial charge in [0.15, 0.2) is 0 Å². The molecular formula is C24H30N4O3. The molecule has 1 fully saturated rings. The predicted molar refractivity (Wildman–Crippen MR) is 123 cm³/mol. The number of hydrogen-bond donors (Lipinski definition) is 1. The predicted octanol–water partition coefficient (Wildman–Crippen LogP) is 3.65. The average Bonchev–Trinajstić information content (AvgIpc) is 3.21. The molecule has 0 saturated carbocycles. The summed E-state index contributed by atoms with van der Waals surface area (Å²) in [6.07, 6.45) is 2.12. The van der Waals surface area contributed by atoms with Crippen molar-refractivity contribution in [1.29, 1.82) is 0 Å². The van der Waals surface area contributed by atoms with Crippen LogP contribution in [-0.4, -0.2) is 67.4 Å². The summed E-state index contributed by atoms with van der Waals surface area (Å²) in [7, 11) is 3.43. The van der Waals surface area contributed by atoms with Gasteiger partial charge in [-0.2, -0.15) is 0 Å². The van der Waals surface area contributed by atoms with E-state index in [9.17, 15) is 4.79 Å². The third kappa shape index (κ3) is 5.37. The number of ether oxygens (including phenoxy) is 2. The number of morpholine rings is 1. The lowest BCUT2D eigenvalue weighted by Crippen LogP contribution is -2.38. The number of hydrogen-bond acceptors (Lipinski definition) is 4. The Bertz CT molecular complexity index is 1010. The van der Waals surface area contributed by atoms with Crippen molar-refractivity contribution in [2.45, 2.75) is 13.1 Å². The highest BCUT2D eigenvalue weighted by Crippen LogP contribution is 2.21. The van der Waals surface area contributed by atoms with Crippen molar-refractivity contribution in [2.75, 3.05) is 52.3 Å². The fourth-order valence-electron chi connectivity index (χ4n) is 3.84. The number of nitrogens with one attached hydrogen (secondary N) is 1. The lowest BCUT2D eigenvalue weighted by Gasteiger charge is -2.26. The first kappa shape index (κ1) is 21.2. The van der Waals surface area contributed by atoms with Gasteiger partial charge in [-0.1, -0.05) is 12.1 Å². The molecule has 7 nitrogen and oxygen atoms in total. The zero-order chi connectivity index (χ0) is 21.6. The van der Waals surface area contributed by atoms with Crippen LogP contribution in [0.15, 0.2) is 54.7 Å². The van der Waals surface area contributed by atoms with Gasteiger partial charge in [0.2, 0.25) is 0 Å². The van der Waals surface area contributed by atoms with Crippen molar-refractivity contribution >= 4 is 22.6 Å². The molecule has 1 N–H and O–H groups in total. The van der Waals surface area contributed by atoms with E-state index in [2.05, 4.69) is 33.1 Å². The largest absolute Gasteiger partial charge is 0.497 e. The van der Waals surface area contributed by atoms with E-state index in [4.69, 9.17) is 9.47 Å². The molecule has 7 heteroatoms. The minimum atomic E-state index is -0.137. The quantitative estimate of drug-likeness (QED) is 0.632. The van der Waals surface area contributed by atoms with E-state index in [0.717, 1.165) is 61.8 Å². The highest BCUT2D eigenvalue weighted by Gasteiger charge is 2.12. The molecule has 2 amide bonds. The molecule has 0 atom stereocenters. The summed E-state index contributed by atoms with van der Waals surface area (Å²) in [5.41, 5.74) is 3.02. The second kappa shape index (κ2) is 9.85. The second-order valence-corrected chi connectivity index (χ2v) is 7.87. The molecular weight excluding hydrogens is 392 g/mol. The Labute approximate surface area is 183 Å². The van der Waals surface area contributed by atoms with Gasteiger partial charge in [-0.3, -0.25) is 4.90 Å². The minimum Gasteiger partial charge on any atom is -0.497 e. The van der Waals surface area contributed by atoms with Crippen molar-refractivity contribution in [3.05, 3.63) is 60.3 Å². The number of aromatic nitrogens is 1. The molecule has 2 heterocycles. The molecule has 1 aliphatic rings. The molecule has 0 aliphatic carbocycles. The topological polar surface area (TPSA) is 59.0 Å². The van der Waals surface area contributed by atoms with E-state index in [-0.39, 0.29) is 6.03 Å². The van der Waals surface area contributed by atoms with Gasteiger partial charge >= 0.3 is 6.03 Å². The first-order valence-corrected chi connectivity index (χ1v) is 10.7. The van der Waals surface area contributed by atoms with Crippen LogP contribution in [-0.2, 0) is 17.8 Å². The Morgan fingerprint density at radius 3 is 2.61 bits per heavy atom. The van der Waals surface area contributed by atoms with Crippen LogP contribution in [0.5, 0.6) is 5.75 Å². The number of rotatable bonds is 7. The molecule has 0 radical (unpaired) electrons. The number of fused-ring (bicyclic) bond motifs is 1. The summed E-state index contributed by atoms with van der Waals surface area (Å²) < 4.78 is 12.9. The van der Waals surface area contributed by atoms with Crippen molar-refractivity contribution in [3.8, 4) is 5.75 Å². The number of carbonyl (C=O) groups excluding carboxylic acids is 1. The Hall–Kier alpha value is -3.03. The fraction of sp³-hybridized carbons (Fsp3) is 0.375. The monoisotopic (exact) mass is 422 g/mol. The van der Waals surface area contributed by atoms with Crippen molar-refractivity contribution < 1.29 is 14.3 Å². The van der Waals surface area contributed by atoms with E-state index < -0.39 is 0 Å². The molecule has 3 aromatic rings. The molecule has 0 bridgehead atoms. The van der Waals surface area contributed by atoms with Crippen LogP contribution in [0.25, 0.3) is 10.9 Å². The third-order valence-electron chi connectivity index (χ3n) is 5.71. The van der Waals surface area contributed by atoms with E-state index in [0.29, 0.717) is 6.54 Å². The van der Waals surface area contributed by atoms with Gasteiger partial charge in [0.25, 0.3) is 0 Å². The number of benzene rings is 2. The lowest BCUT2D eigenvalue weighted by atomic mass is 10.2. The Morgan fingerprint density at radius 1 is 1.10 bits per heavy atom. The summed E-state index contributed by atoms with van der Waals surface area (Å²) in [5.74, 6) is 0.807. The van der Waals surface area contributed by atoms with Crippen LogP contribution >= 0.6 is 0 Å². The van der Waals surface area contributed by atoms with E-state index in [1.165, 1.54) is 5.52 Å². The Morgan fingerprint density at radius 2 is 1.87 bits per heavy atom. The molecule has 1 aromatic heterocycles. The maximum absolute atomic E-state index is 12.6. The van der Waals surface area contributed by atoms with Crippen LogP contribution in [0.4, 0.5) is 10.5 Å². The van der Waals surface area contributed by atoms with Crippen molar-refractivity contribution in [2.24, 2.45) is 0 Å². The van der Waals surface area contributed by atoms with Gasteiger partial charge in [-0.25, -0.2) is 4.79 Å². The molecule has 164 valence electrons. The second-order valence-electron chi connectivity index (χ2n) is 7.87. The van der Waals surface area contributed by atoms with Crippen molar-refractivity contribution in [3.63, 3.8) is 0 Å². The lowest BCUT2D eigenvalue weighted by molar-refractivity contribution is 0.0365. The minimum absolute atomic E-state index is 0.137. The van der Waals surface area contributed by atoms with Crippen LogP contribution in [0.2, 0.25) is 0 Å². The van der Waals surface area contributed by atoms with E-state index >= 15 is 0 Å². The van der Waals surface area contributed by atoms with Gasteiger partial charge in [0, 0.05) is 62.6 Å².